The third-order valence-electron chi connectivity index (χ3n) is 6.00. The Morgan fingerprint density at radius 2 is 1.83 bits per heavy atom. The van der Waals surface area contributed by atoms with Crippen LogP contribution >= 0.6 is 0 Å². The Bertz CT molecular complexity index is 639. The predicted molar refractivity (Wildman–Crippen MR) is 119 cm³/mol. The van der Waals surface area contributed by atoms with Gasteiger partial charge in [0.05, 0.1) is 5.69 Å². The Morgan fingerprint density at radius 3 is 2.45 bits per heavy atom. The van der Waals surface area contributed by atoms with E-state index >= 15 is 0 Å². The summed E-state index contributed by atoms with van der Waals surface area (Å²) in [5, 5.41) is 0. The van der Waals surface area contributed by atoms with Crippen molar-refractivity contribution in [2.45, 2.75) is 58.9 Å². The van der Waals surface area contributed by atoms with Gasteiger partial charge in [-0.15, -0.1) is 0 Å². The number of nitrogens with zero attached hydrogens (tertiary/aromatic N) is 3. The van der Waals surface area contributed by atoms with Gasteiger partial charge < -0.3 is 9.80 Å². The third-order valence-corrected chi connectivity index (χ3v) is 6.00. The minimum Gasteiger partial charge on any atom is -0.379 e. The summed E-state index contributed by atoms with van der Waals surface area (Å²) in [5.74, 6) is 0.487. The van der Waals surface area contributed by atoms with Gasteiger partial charge in [-0.05, 0) is 49.3 Å². The monoisotopic (exact) mass is 403 g/mol. The number of halogens is 1. The maximum absolute atomic E-state index is 14.6. The van der Waals surface area contributed by atoms with Gasteiger partial charge in [0.2, 0.25) is 6.41 Å². The summed E-state index contributed by atoms with van der Waals surface area (Å²) in [6.45, 7) is 7.91. The molecule has 162 valence electrons. The Kier molecular flexibility index (Phi) is 10.2. The van der Waals surface area contributed by atoms with Gasteiger partial charge in [0.1, 0.15) is 5.82 Å². The molecule has 1 aromatic carbocycles. The van der Waals surface area contributed by atoms with Crippen LogP contribution < -0.4 is 4.90 Å². The first-order valence-corrected chi connectivity index (χ1v) is 11.2. The molecule has 1 aromatic rings. The minimum absolute atomic E-state index is 0.336. The summed E-state index contributed by atoms with van der Waals surface area (Å²) < 4.78 is 14.6. The van der Waals surface area contributed by atoms with Gasteiger partial charge in [0, 0.05) is 26.7 Å². The lowest BCUT2D eigenvalue weighted by Crippen LogP contribution is -2.31. The molecule has 29 heavy (non-hydrogen) atoms. The van der Waals surface area contributed by atoms with Crippen LogP contribution in [0.3, 0.4) is 0 Å². The van der Waals surface area contributed by atoms with E-state index in [1.807, 2.05) is 13.1 Å². The van der Waals surface area contributed by atoms with Crippen LogP contribution in [0.25, 0.3) is 0 Å². The van der Waals surface area contributed by atoms with Crippen LogP contribution in [-0.2, 0) is 11.3 Å². The molecule has 1 fully saturated rings. The van der Waals surface area contributed by atoms with Crippen molar-refractivity contribution in [3.8, 4) is 0 Å². The molecule has 0 aliphatic heterocycles. The fraction of sp³-hybridized carbons (Fsp3) is 0.625. The molecule has 0 heterocycles. The highest BCUT2D eigenvalue weighted by Crippen LogP contribution is 2.26. The number of anilines is 1. The fourth-order valence-corrected chi connectivity index (χ4v) is 4.01. The quantitative estimate of drug-likeness (QED) is 0.457. The standard InChI is InChI=1S/C24H38FN3O/c1-4-27(5-2)19-22-13-14-24(23(25)18-22)28(20-29)17-16-26(3)15-9-12-21-10-7-6-8-11-21/h9,13-15,18,20-21H,4-8,10-12,16-17,19H2,1-3H3/b15-9+. The third kappa shape index (κ3) is 7.81. The SMILES string of the molecule is CCN(CC)Cc1ccc(N(C=O)CCN(C)/C=C/CC2CCCCC2)c(F)c1. The van der Waals surface area contributed by atoms with Crippen molar-refractivity contribution in [2.75, 3.05) is 38.1 Å². The van der Waals surface area contributed by atoms with Gasteiger partial charge in [-0.1, -0.05) is 58.1 Å². The number of hydrogen-bond acceptors (Lipinski definition) is 3. The molecular weight excluding hydrogens is 365 g/mol. The van der Waals surface area contributed by atoms with Gasteiger partial charge in [0.15, 0.2) is 0 Å². The lowest BCUT2D eigenvalue weighted by atomic mass is 9.87. The maximum Gasteiger partial charge on any atom is 0.214 e. The molecule has 0 N–H and O–H groups in total. The van der Waals surface area contributed by atoms with Crippen LogP contribution in [0.15, 0.2) is 30.5 Å². The molecule has 5 heteroatoms. The molecule has 1 aliphatic carbocycles. The van der Waals surface area contributed by atoms with Crippen LogP contribution in [-0.4, -0.2) is 49.4 Å². The Labute approximate surface area is 176 Å². The molecule has 0 spiro atoms. The first kappa shape index (κ1) is 23.4. The van der Waals surface area contributed by atoms with E-state index in [-0.39, 0.29) is 5.82 Å². The van der Waals surface area contributed by atoms with Crippen LogP contribution in [0.2, 0.25) is 0 Å². The molecule has 4 nitrogen and oxygen atoms in total. The minimum atomic E-state index is -0.336. The first-order valence-electron chi connectivity index (χ1n) is 11.2. The number of allylic oxidation sites excluding steroid dienone is 1. The zero-order valence-corrected chi connectivity index (χ0v) is 18.4. The summed E-state index contributed by atoms with van der Waals surface area (Å²) >= 11 is 0. The highest BCUT2D eigenvalue weighted by atomic mass is 19.1. The average molecular weight is 404 g/mol. The van der Waals surface area contributed by atoms with Crippen LogP contribution in [0, 0.1) is 11.7 Å². The van der Waals surface area contributed by atoms with E-state index in [0.717, 1.165) is 43.9 Å². The van der Waals surface area contributed by atoms with Crippen LogP contribution in [0.4, 0.5) is 10.1 Å². The summed E-state index contributed by atoms with van der Waals surface area (Å²) in [7, 11) is 2.00. The molecule has 2 rings (SSSR count). The largest absolute Gasteiger partial charge is 0.379 e. The fourth-order valence-electron chi connectivity index (χ4n) is 4.01. The molecule has 1 amide bonds. The number of hydrogen-bond donors (Lipinski definition) is 0. The summed E-state index contributed by atoms with van der Waals surface area (Å²) in [6.07, 6.45) is 13.0. The molecule has 0 radical (unpaired) electrons. The number of carbonyl (C=O) groups is 1. The second kappa shape index (κ2) is 12.6. The van der Waals surface area contributed by atoms with Crippen LogP contribution in [0.1, 0.15) is 57.9 Å². The number of rotatable bonds is 12. The van der Waals surface area contributed by atoms with Crippen molar-refractivity contribution in [1.82, 2.24) is 9.80 Å². The van der Waals surface area contributed by atoms with E-state index < -0.39 is 0 Å². The second-order valence-corrected chi connectivity index (χ2v) is 8.15. The van der Waals surface area contributed by atoms with E-state index in [4.69, 9.17) is 0 Å². The second-order valence-electron chi connectivity index (χ2n) is 8.15. The lowest BCUT2D eigenvalue weighted by Gasteiger charge is -2.23. The molecule has 0 saturated heterocycles. The van der Waals surface area contributed by atoms with Crippen molar-refractivity contribution < 1.29 is 9.18 Å². The molecule has 0 bridgehead atoms. The van der Waals surface area contributed by atoms with Gasteiger partial charge in [-0.2, -0.15) is 0 Å². The Balaban J connectivity index is 1.85. The Morgan fingerprint density at radius 1 is 1.10 bits per heavy atom. The summed E-state index contributed by atoms with van der Waals surface area (Å²) in [4.78, 5) is 17.3. The summed E-state index contributed by atoms with van der Waals surface area (Å²) in [6, 6.07) is 5.19. The normalized spacial score (nSPS) is 15.2. The number of likely N-dealkylation sites (N-methyl/N-ethyl adjacent to an activating group) is 1. The predicted octanol–water partition coefficient (Wildman–Crippen LogP) is 5.05. The number of benzene rings is 1. The van der Waals surface area contributed by atoms with Crippen molar-refractivity contribution in [1.29, 1.82) is 0 Å². The lowest BCUT2D eigenvalue weighted by molar-refractivity contribution is -0.107. The molecular formula is C24H38FN3O. The summed E-state index contributed by atoms with van der Waals surface area (Å²) in [5.41, 5.74) is 1.28. The van der Waals surface area contributed by atoms with Gasteiger partial charge in [0.25, 0.3) is 0 Å². The molecule has 1 aliphatic rings. The highest BCUT2D eigenvalue weighted by molar-refractivity contribution is 5.75. The molecule has 0 aromatic heterocycles. The van der Waals surface area contributed by atoms with E-state index in [1.165, 1.54) is 37.0 Å². The van der Waals surface area contributed by atoms with Crippen molar-refractivity contribution >= 4 is 12.1 Å². The zero-order valence-electron chi connectivity index (χ0n) is 18.4. The Hall–Kier alpha value is -1.88. The van der Waals surface area contributed by atoms with Crippen molar-refractivity contribution in [3.63, 3.8) is 0 Å². The van der Waals surface area contributed by atoms with Gasteiger partial charge in [-0.25, -0.2) is 4.39 Å². The smallest absolute Gasteiger partial charge is 0.214 e. The molecule has 1 saturated carbocycles. The maximum atomic E-state index is 14.6. The van der Waals surface area contributed by atoms with Crippen molar-refractivity contribution in [3.05, 3.63) is 41.9 Å². The topological polar surface area (TPSA) is 26.8 Å². The average Bonchev–Trinajstić information content (AvgIpc) is 2.74. The van der Waals surface area contributed by atoms with E-state index in [9.17, 15) is 9.18 Å². The highest BCUT2D eigenvalue weighted by Gasteiger charge is 2.14. The van der Waals surface area contributed by atoms with Crippen LogP contribution in [0.5, 0.6) is 0 Å². The molecule has 0 unspecified atom stereocenters. The van der Waals surface area contributed by atoms with E-state index in [1.54, 1.807) is 12.1 Å². The van der Waals surface area contributed by atoms with E-state index in [2.05, 4.69) is 35.9 Å². The zero-order chi connectivity index (χ0) is 21.1. The first-order chi connectivity index (χ1) is 14.1. The van der Waals surface area contributed by atoms with E-state index in [0.29, 0.717) is 18.8 Å². The van der Waals surface area contributed by atoms with Crippen molar-refractivity contribution in [2.24, 2.45) is 5.92 Å². The molecule has 0 atom stereocenters. The van der Waals surface area contributed by atoms with Gasteiger partial charge >= 0.3 is 0 Å². The van der Waals surface area contributed by atoms with Gasteiger partial charge in [-0.3, -0.25) is 9.69 Å². The number of amides is 1. The number of carbonyl (C=O) groups excluding carboxylic acids is 1.